The van der Waals surface area contributed by atoms with Gasteiger partial charge >= 0.3 is 0 Å². The summed E-state index contributed by atoms with van der Waals surface area (Å²) in [6.45, 7) is 0.306. The predicted octanol–water partition coefficient (Wildman–Crippen LogP) is 1.09. The van der Waals surface area contributed by atoms with Crippen LogP contribution < -0.4 is 4.90 Å². The van der Waals surface area contributed by atoms with E-state index in [1.54, 1.807) is 11.7 Å². The molecule has 0 spiro atoms. The summed E-state index contributed by atoms with van der Waals surface area (Å²) >= 11 is 0. The fraction of sp³-hybridized carbons (Fsp3) is 0.200. The van der Waals surface area contributed by atoms with Crippen LogP contribution >= 0.6 is 0 Å². The SMILES string of the molecule is CN1C(=O)C(Cc2ccccc2)S(=O)(=O)c2cc(C#CCn3cncn3)ncc21. The Morgan fingerprint density at radius 2 is 2.00 bits per heavy atom. The lowest BCUT2D eigenvalue weighted by molar-refractivity contribution is -0.118. The molecule has 0 aliphatic carbocycles. The van der Waals surface area contributed by atoms with Gasteiger partial charge in [-0.1, -0.05) is 36.3 Å². The zero-order chi connectivity index (χ0) is 20.4. The van der Waals surface area contributed by atoms with Crippen molar-refractivity contribution in [3.8, 4) is 11.8 Å². The highest BCUT2D eigenvalue weighted by Crippen LogP contribution is 2.34. The van der Waals surface area contributed by atoms with Gasteiger partial charge in [0, 0.05) is 7.05 Å². The quantitative estimate of drug-likeness (QED) is 0.603. The van der Waals surface area contributed by atoms with E-state index in [0.29, 0.717) is 12.2 Å². The highest BCUT2D eigenvalue weighted by molar-refractivity contribution is 7.93. The van der Waals surface area contributed by atoms with E-state index >= 15 is 0 Å². The molecule has 146 valence electrons. The van der Waals surface area contributed by atoms with Gasteiger partial charge in [-0.05, 0) is 24.0 Å². The van der Waals surface area contributed by atoms with Gasteiger partial charge in [-0.2, -0.15) is 5.10 Å². The third-order valence-corrected chi connectivity index (χ3v) is 6.74. The molecule has 3 heterocycles. The van der Waals surface area contributed by atoms with Gasteiger partial charge in [0.2, 0.25) is 5.91 Å². The highest BCUT2D eigenvalue weighted by Gasteiger charge is 2.43. The maximum atomic E-state index is 13.2. The van der Waals surface area contributed by atoms with Gasteiger partial charge in [0.1, 0.15) is 30.1 Å². The molecule has 0 radical (unpaired) electrons. The number of carbonyl (C=O) groups excluding carboxylic acids is 1. The van der Waals surface area contributed by atoms with E-state index in [0.717, 1.165) is 5.56 Å². The summed E-state index contributed by atoms with van der Waals surface area (Å²) in [6.07, 6.45) is 4.43. The Morgan fingerprint density at radius 3 is 2.72 bits per heavy atom. The molecular formula is C20H17N5O3S. The Labute approximate surface area is 168 Å². The van der Waals surface area contributed by atoms with Crippen LogP contribution in [-0.4, -0.2) is 46.4 Å². The number of rotatable bonds is 3. The standard InChI is InChI=1S/C20H17N5O3S/c1-24-17-12-22-16(8-5-9-25-14-21-13-23-25)11-18(17)29(27,28)19(20(24)26)10-15-6-3-2-4-7-15/h2-4,6-7,11-14,19H,9-10H2,1H3. The molecule has 0 saturated heterocycles. The Bertz CT molecular complexity index is 1210. The smallest absolute Gasteiger partial charge is 0.245 e. The number of pyridine rings is 1. The summed E-state index contributed by atoms with van der Waals surface area (Å²) in [5.41, 5.74) is 1.36. The van der Waals surface area contributed by atoms with Crippen LogP contribution in [0.1, 0.15) is 11.3 Å². The van der Waals surface area contributed by atoms with Crippen LogP contribution in [0.2, 0.25) is 0 Å². The fourth-order valence-corrected chi connectivity index (χ4v) is 5.05. The molecule has 1 aliphatic rings. The summed E-state index contributed by atoms with van der Waals surface area (Å²) < 4.78 is 28.0. The lowest BCUT2D eigenvalue weighted by Crippen LogP contribution is -2.47. The molecule has 8 nitrogen and oxygen atoms in total. The Kier molecular flexibility index (Phi) is 4.86. The average Bonchev–Trinajstić information content (AvgIpc) is 3.24. The van der Waals surface area contributed by atoms with Crippen molar-refractivity contribution in [1.82, 2.24) is 19.7 Å². The summed E-state index contributed by atoms with van der Waals surface area (Å²) in [4.78, 5) is 22.2. The number of aromatic nitrogens is 4. The largest absolute Gasteiger partial charge is 0.312 e. The van der Waals surface area contributed by atoms with E-state index in [-0.39, 0.29) is 17.0 Å². The monoisotopic (exact) mass is 407 g/mol. The molecule has 1 amide bonds. The molecule has 1 aliphatic heterocycles. The van der Waals surface area contributed by atoms with Crippen molar-refractivity contribution in [2.45, 2.75) is 23.1 Å². The minimum absolute atomic E-state index is 0.0700. The van der Waals surface area contributed by atoms with Gasteiger partial charge in [0.05, 0.1) is 16.8 Å². The van der Waals surface area contributed by atoms with Crippen LogP contribution in [0.3, 0.4) is 0 Å². The van der Waals surface area contributed by atoms with Gasteiger partial charge in [0.25, 0.3) is 0 Å². The second-order valence-corrected chi connectivity index (χ2v) is 8.65. The van der Waals surface area contributed by atoms with Gasteiger partial charge in [-0.15, -0.1) is 0 Å². The Hall–Kier alpha value is -3.51. The number of hydrogen-bond donors (Lipinski definition) is 0. The molecule has 0 saturated carbocycles. The van der Waals surface area contributed by atoms with Crippen molar-refractivity contribution >= 4 is 21.4 Å². The molecule has 3 aromatic rings. The van der Waals surface area contributed by atoms with Gasteiger partial charge < -0.3 is 4.90 Å². The number of hydrogen-bond acceptors (Lipinski definition) is 6. The average molecular weight is 407 g/mol. The molecule has 1 unspecified atom stereocenters. The maximum absolute atomic E-state index is 13.2. The summed E-state index contributed by atoms with van der Waals surface area (Å²) in [7, 11) is -2.32. The van der Waals surface area contributed by atoms with Gasteiger partial charge in [-0.3, -0.25) is 4.79 Å². The van der Waals surface area contributed by atoms with Crippen molar-refractivity contribution in [3.63, 3.8) is 0 Å². The van der Waals surface area contributed by atoms with Crippen molar-refractivity contribution in [2.24, 2.45) is 0 Å². The molecule has 1 aromatic carbocycles. The fourth-order valence-electron chi connectivity index (χ4n) is 3.15. The van der Waals surface area contributed by atoms with E-state index in [4.69, 9.17) is 0 Å². The highest BCUT2D eigenvalue weighted by atomic mass is 32.2. The summed E-state index contributed by atoms with van der Waals surface area (Å²) in [5, 5.41) is 2.77. The number of sulfone groups is 1. The predicted molar refractivity (Wildman–Crippen MR) is 106 cm³/mol. The molecule has 0 N–H and O–H groups in total. The summed E-state index contributed by atoms with van der Waals surface area (Å²) in [6, 6.07) is 10.5. The second kappa shape index (κ2) is 7.48. The second-order valence-electron chi connectivity index (χ2n) is 6.55. The molecule has 4 rings (SSSR count). The first kappa shape index (κ1) is 18.8. The van der Waals surface area contributed by atoms with Crippen molar-refractivity contribution in [3.05, 3.63) is 66.5 Å². The number of nitrogens with zero attached hydrogens (tertiary/aromatic N) is 5. The summed E-state index contributed by atoms with van der Waals surface area (Å²) in [5.74, 6) is 5.26. The number of carbonyl (C=O) groups is 1. The number of anilines is 1. The van der Waals surface area contributed by atoms with E-state index in [2.05, 4.69) is 26.9 Å². The molecule has 0 fully saturated rings. The number of benzene rings is 1. The molecular weight excluding hydrogens is 390 g/mol. The van der Waals surface area contributed by atoms with Crippen LogP contribution in [0.15, 0.2) is 60.1 Å². The topological polar surface area (TPSA) is 98.1 Å². The molecule has 2 aromatic heterocycles. The maximum Gasteiger partial charge on any atom is 0.245 e. The van der Waals surface area contributed by atoms with E-state index in [1.165, 1.54) is 29.8 Å². The molecule has 0 bridgehead atoms. The first-order valence-corrected chi connectivity index (χ1v) is 10.4. The third kappa shape index (κ3) is 3.62. The molecule has 9 heteroatoms. The van der Waals surface area contributed by atoms with Crippen LogP contribution in [0.5, 0.6) is 0 Å². The zero-order valence-electron chi connectivity index (χ0n) is 15.6. The van der Waals surface area contributed by atoms with E-state index < -0.39 is 21.0 Å². The van der Waals surface area contributed by atoms with Crippen LogP contribution in [0.25, 0.3) is 0 Å². The van der Waals surface area contributed by atoms with Crippen molar-refractivity contribution in [1.29, 1.82) is 0 Å². The minimum atomic E-state index is -3.88. The van der Waals surface area contributed by atoms with Crippen LogP contribution in [0, 0.1) is 11.8 Å². The van der Waals surface area contributed by atoms with Crippen molar-refractivity contribution in [2.75, 3.05) is 11.9 Å². The lowest BCUT2D eigenvalue weighted by atomic mass is 10.1. The molecule has 29 heavy (non-hydrogen) atoms. The Balaban J connectivity index is 1.68. The van der Waals surface area contributed by atoms with E-state index in [9.17, 15) is 13.2 Å². The molecule has 1 atom stereocenters. The van der Waals surface area contributed by atoms with Gasteiger partial charge in [0.15, 0.2) is 9.84 Å². The number of amides is 1. The van der Waals surface area contributed by atoms with E-state index in [1.807, 2.05) is 30.3 Å². The first-order chi connectivity index (χ1) is 14.0. The van der Waals surface area contributed by atoms with Crippen LogP contribution in [0.4, 0.5) is 5.69 Å². The first-order valence-electron chi connectivity index (χ1n) is 8.83. The van der Waals surface area contributed by atoms with Crippen LogP contribution in [-0.2, 0) is 27.6 Å². The lowest BCUT2D eigenvalue weighted by Gasteiger charge is -2.31. The number of fused-ring (bicyclic) bond motifs is 1. The normalized spacial score (nSPS) is 17.3. The van der Waals surface area contributed by atoms with Crippen molar-refractivity contribution < 1.29 is 13.2 Å². The Morgan fingerprint density at radius 1 is 1.21 bits per heavy atom. The third-order valence-electron chi connectivity index (χ3n) is 4.68. The van der Waals surface area contributed by atoms with Gasteiger partial charge in [-0.25, -0.2) is 23.1 Å². The zero-order valence-corrected chi connectivity index (χ0v) is 16.4. The minimum Gasteiger partial charge on any atom is -0.312 e.